The molecular formula is C15H20N4O5S. The van der Waals surface area contributed by atoms with Crippen molar-refractivity contribution in [1.82, 2.24) is 20.2 Å². The summed E-state index contributed by atoms with van der Waals surface area (Å²) in [7, 11) is -2.29. The lowest BCUT2D eigenvalue weighted by atomic mass is 10.2. The molecule has 0 fully saturated rings. The minimum Gasteiger partial charge on any atom is -0.383 e. The second-order valence-corrected chi connectivity index (χ2v) is 7.18. The van der Waals surface area contributed by atoms with E-state index >= 15 is 0 Å². The second-order valence-electron chi connectivity index (χ2n) is 5.41. The van der Waals surface area contributed by atoms with E-state index in [0.29, 0.717) is 12.5 Å². The van der Waals surface area contributed by atoms with Crippen molar-refractivity contribution in [2.45, 2.75) is 31.3 Å². The second kappa shape index (κ2) is 8.19. The van der Waals surface area contributed by atoms with Crippen molar-refractivity contribution in [3.63, 3.8) is 0 Å². The highest BCUT2D eigenvalue weighted by atomic mass is 32.2. The van der Waals surface area contributed by atoms with Crippen molar-refractivity contribution in [1.29, 1.82) is 0 Å². The quantitative estimate of drug-likeness (QED) is 0.700. The van der Waals surface area contributed by atoms with E-state index in [4.69, 9.17) is 9.26 Å². The van der Waals surface area contributed by atoms with Crippen LogP contribution in [-0.4, -0.2) is 44.2 Å². The van der Waals surface area contributed by atoms with Crippen LogP contribution in [0.3, 0.4) is 0 Å². The monoisotopic (exact) mass is 368 g/mol. The largest absolute Gasteiger partial charge is 0.383 e. The molecule has 9 nitrogen and oxygen atoms in total. The molecule has 0 aliphatic heterocycles. The maximum Gasteiger partial charge on any atom is 0.251 e. The van der Waals surface area contributed by atoms with Gasteiger partial charge >= 0.3 is 0 Å². The summed E-state index contributed by atoms with van der Waals surface area (Å²) in [4.78, 5) is 16.1. The van der Waals surface area contributed by atoms with Crippen LogP contribution < -0.4 is 10.0 Å². The van der Waals surface area contributed by atoms with Crippen LogP contribution >= 0.6 is 0 Å². The van der Waals surface area contributed by atoms with Gasteiger partial charge in [0.25, 0.3) is 5.91 Å². The number of carbonyl (C=O) groups excluding carboxylic acids is 1. The van der Waals surface area contributed by atoms with Crippen molar-refractivity contribution in [2.75, 3.05) is 13.7 Å². The lowest BCUT2D eigenvalue weighted by Crippen LogP contribution is -2.35. The molecule has 0 aliphatic rings. The number of ether oxygens (including phenoxy) is 1. The third kappa shape index (κ3) is 5.34. The zero-order valence-corrected chi connectivity index (χ0v) is 15.0. The number of nitrogens with one attached hydrogen (secondary N) is 2. The fourth-order valence-electron chi connectivity index (χ4n) is 2.06. The number of aromatic nitrogens is 2. The third-order valence-corrected chi connectivity index (χ3v) is 4.59. The van der Waals surface area contributed by atoms with Gasteiger partial charge in [0.15, 0.2) is 5.82 Å². The molecule has 0 unspecified atom stereocenters. The predicted molar refractivity (Wildman–Crippen MR) is 88.3 cm³/mol. The standard InChI is InChI=1S/C15H20N4O5S/c1-10(9-23-3)17-15(20)12-5-4-6-13(7-12)25(21,22)16-8-14-18-11(2)24-19-14/h4-7,10,16H,8-9H2,1-3H3,(H,17,20)/t10-/m1/s1. The van der Waals surface area contributed by atoms with Crippen molar-refractivity contribution in [2.24, 2.45) is 0 Å². The Balaban J connectivity index is 2.09. The first kappa shape index (κ1) is 19.0. The van der Waals surface area contributed by atoms with Crippen molar-refractivity contribution in [3.05, 3.63) is 41.5 Å². The number of benzene rings is 1. The number of hydrogen-bond donors (Lipinski definition) is 2. The van der Waals surface area contributed by atoms with E-state index in [0.717, 1.165) is 0 Å². The first-order valence-electron chi connectivity index (χ1n) is 7.50. The molecule has 0 saturated heterocycles. The Labute approximate surface area is 145 Å². The van der Waals surface area contributed by atoms with Gasteiger partial charge in [-0.25, -0.2) is 13.1 Å². The Morgan fingerprint density at radius 1 is 1.40 bits per heavy atom. The molecule has 1 aromatic heterocycles. The van der Waals surface area contributed by atoms with Crippen molar-refractivity contribution in [3.8, 4) is 0 Å². The molecule has 1 atom stereocenters. The van der Waals surface area contributed by atoms with E-state index in [1.165, 1.54) is 31.4 Å². The maximum atomic E-state index is 12.4. The first-order valence-corrected chi connectivity index (χ1v) is 8.99. The number of sulfonamides is 1. The summed E-state index contributed by atoms with van der Waals surface area (Å²) >= 11 is 0. The number of methoxy groups -OCH3 is 1. The van der Waals surface area contributed by atoms with Crippen LogP contribution in [0.4, 0.5) is 0 Å². The highest BCUT2D eigenvalue weighted by Crippen LogP contribution is 2.12. The molecule has 1 heterocycles. The number of aryl methyl sites for hydroxylation is 1. The van der Waals surface area contributed by atoms with E-state index in [-0.39, 0.29) is 34.8 Å². The molecular weight excluding hydrogens is 348 g/mol. The summed E-state index contributed by atoms with van der Waals surface area (Å²) in [6, 6.07) is 5.55. The Morgan fingerprint density at radius 3 is 2.80 bits per heavy atom. The van der Waals surface area contributed by atoms with Crippen molar-refractivity contribution < 1.29 is 22.5 Å². The van der Waals surface area contributed by atoms with Gasteiger partial charge in [-0.05, 0) is 25.1 Å². The summed E-state index contributed by atoms with van der Waals surface area (Å²) in [6.45, 7) is 3.64. The van der Waals surface area contributed by atoms with Gasteiger partial charge < -0.3 is 14.6 Å². The molecule has 10 heteroatoms. The fraction of sp³-hybridized carbons (Fsp3) is 0.400. The predicted octanol–water partition coefficient (Wildman–Crippen LogP) is 0.621. The third-order valence-electron chi connectivity index (χ3n) is 3.19. The minimum absolute atomic E-state index is 0.0280. The summed E-state index contributed by atoms with van der Waals surface area (Å²) in [6.07, 6.45) is 0. The summed E-state index contributed by atoms with van der Waals surface area (Å²) in [5.74, 6) is 0.191. The van der Waals surface area contributed by atoms with Crippen LogP contribution in [0, 0.1) is 6.92 Å². The van der Waals surface area contributed by atoms with E-state index in [1.54, 1.807) is 13.8 Å². The molecule has 0 radical (unpaired) electrons. The number of rotatable bonds is 8. The Bertz CT molecular complexity index is 834. The zero-order chi connectivity index (χ0) is 18.4. The summed E-state index contributed by atoms with van der Waals surface area (Å²) in [5, 5.41) is 6.34. The van der Waals surface area contributed by atoms with Gasteiger partial charge in [0.1, 0.15) is 0 Å². The normalized spacial score (nSPS) is 12.8. The molecule has 0 aliphatic carbocycles. The van der Waals surface area contributed by atoms with Gasteiger partial charge in [0, 0.05) is 25.6 Å². The van der Waals surface area contributed by atoms with Gasteiger partial charge in [0.05, 0.1) is 18.0 Å². The van der Waals surface area contributed by atoms with E-state index in [2.05, 4.69) is 20.2 Å². The number of hydrogen-bond acceptors (Lipinski definition) is 7. The van der Waals surface area contributed by atoms with Gasteiger partial charge in [-0.3, -0.25) is 4.79 Å². The zero-order valence-electron chi connectivity index (χ0n) is 14.1. The van der Waals surface area contributed by atoms with Crippen LogP contribution in [0.5, 0.6) is 0 Å². The molecule has 1 aromatic carbocycles. The Kier molecular flexibility index (Phi) is 6.23. The Hall–Kier alpha value is -2.30. The minimum atomic E-state index is -3.82. The number of nitrogens with zero attached hydrogens (tertiary/aromatic N) is 2. The molecule has 0 spiro atoms. The molecule has 25 heavy (non-hydrogen) atoms. The van der Waals surface area contributed by atoms with E-state index in [9.17, 15) is 13.2 Å². The van der Waals surface area contributed by atoms with Crippen LogP contribution in [0.15, 0.2) is 33.7 Å². The van der Waals surface area contributed by atoms with Crippen LogP contribution in [0.2, 0.25) is 0 Å². The first-order chi connectivity index (χ1) is 11.8. The SMILES string of the molecule is COC[C@@H](C)NC(=O)c1cccc(S(=O)(=O)NCc2noc(C)n2)c1. The van der Waals surface area contributed by atoms with Gasteiger partial charge in [-0.15, -0.1) is 0 Å². The van der Waals surface area contributed by atoms with Crippen LogP contribution in [0.1, 0.15) is 29.0 Å². The highest BCUT2D eigenvalue weighted by Gasteiger charge is 2.18. The topological polar surface area (TPSA) is 123 Å². The van der Waals surface area contributed by atoms with Gasteiger partial charge in [0.2, 0.25) is 15.9 Å². The van der Waals surface area contributed by atoms with Crippen LogP contribution in [0.25, 0.3) is 0 Å². The average molecular weight is 368 g/mol. The number of amides is 1. The molecule has 0 saturated carbocycles. The molecule has 2 N–H and O–H groups in total. The maximum absolute atomic E-state index is 12.4. The van der Waals surface area contributed by atoms with Crippen molar-refractivity contribution >= 4 is 15.9 Å². The summed E-state index contributed by atoms with van der Waals surface area (Å²) in [5.41, 5.74) is 0.237. The lowest BCUT2D eigenvalue weighted by Gasteiger charge is -2.13. The molecule has 2 rings (SSSR count). The van der Waals surface area contributed by atoms with Crippen LogP contribution in [-0.2, 0) is 21.3 Å². The van der Waals surface area contributed by atoms with Gasteiger partial charge in [-0.1, -0.05) is 11.2 Å². The summed E-state index contributed by atoms with van der Waals surface area (Å²) < 4.78 is 36.8. The molecule has 0 bridgehead atoms. The number of carbonyl (C=O) groups is 1. The Morgan fingerprint density at radius 2 is 2.16 bits per heavy atom. The average Bonchev–Trinajstić information content (AvgIpc) is 2.99. The van der Waals surface area contributed by atoms with E-state index in [1.807, 2.05) is 0 Å². The van der Waals surface area contributed by atoms with E-state index < -0.39 is 10.0 Å². The smallest absolute Gasteiger partial charge is 0.251 e. The fourth-order valence-corrected chi connectivity index (χ4v) is 3.08. The molecule has 136 valence electrons. The highest BCUT2D eigenvalue weighted by molar-refractivity contribution is 7.89. The molecule has 2 aromatic rings. The molecule has 1 amide bonds. The lowest BCUT2D eigenvalue weighted by molar-refractivity contribution is 0.0905. The van der Waals surface area contributed by atoms with Gasteiger partial charge in [-0.2, -0.15) is 4.98 Å².